The lowest BCUT2D eigenvalue weighted by molar-refractivity contribution is -0.124. The molecular weight excluding hydrogens is 326 g/mol. The van der Waals surface area contributed by atoms with Gasteiger partial charge in [-0.05, 0) is 49.4 Å². The number of ether oxygens (including phenoxy) is 2. The highest BCUT2D eigenvalue weighted by Crippen LogP contribution is 2.51. The summed E-state index contributed by atoms with van der Waals surface area (Å²) in [4.78, 5) is 13.0. The molecule has 1 unspecified atom stereocenters. The first kappa shape index (κ1) is 17.0. The fourth-order valence-corrected chi connectivity index (χ4v) is 3.92. The molecule has 1 heterocycles. The average Bonchev–Trinajstić information content (AvgIpc) is 3.33. The molecule has 0 spiro atoms. The molecule has 1 amide bonds. The summed E-state index contributed by atoms with van der Waals surface area (Å²) in [6, 6.07) is 14.3. The zero-order valence-corrected chi connectivity index (χ0v) is 15.4. The molecule has 0 bridgehead atoms. The topological polar surface area (TPSA) is 47.6 Å². The first-order chi connectivity index (χ1) is 12.6. The van der Waals surface area contributed by atoms with Crippen LogP contribution in [-0.4, -0.2) is 25.7 Å². The fourth-order valence-electron chi connectivity index (χ4n) is 3.92. The Hall–Kier alpha value is -2.49. The molecule has 4 rings (SSSR count). The highest BCUT2D eigenvalue weighted by atomic mass is 16.5. The van der Waals surface area contributed by atoms with Crippen molar-refractivity contribution in [3.8, 4) is 11.5 Å². The summed E-state index contributed by atoms with van der Waals surface area (Å²) in [5.74, 6) is 1.91. The molecule has 0 radical (unpaired) electrons. The molecule has 0 saturated heterocycles. The third-order valence-electron chi connectivity index (χ3n) is 5.48. The number of amides is 1. The minimum Gasteiger partial charge on any atom is -0.496 e. The van der Waals surface area contributed by atoms with Gasteiger partial charge in [0.15, 0.2) is 0 Å². The molecule has 136 valence electrons. The van der Waals surface area contributed by atoms with Crippen LogP contribution in [0.25, 0.3) is 0 Å². The van der Waals surface area contributed by atoms with Crippen LogP contribution in [-0.2, 0) is 23.1 Å². The molecular formula is C22H25NO3. The molecule has 1 saturated carbocycles. The SMILES string of the molecule is COc1ccccc1C1(C(=O)NC(C)Cc2ccc3c(c2)CCO3)CC1. The molecule has 0 aromatic heterocycles. The van der Waals surface area contributed by atoms with Crippen LogP contribution in [0.4, 0.5) is 0 Å². The Balaban J connectivity index is 1.44. The van der Waals surface area contributed by atoms with Gasteiger partial charge in [-0.2, -0.15) is 0 Å². The summed E-state index contributed by atoms with van der Waals surface area (Å²) in [6.07, 6.45) is 3.55. The normalized spacial score (nSPS) is 17.8. The van der Waals surface area contributed by atoms with Crippen molar-refractivity contribution in [1.29, 1.82) is 0 Å². The zero-order valence-electron chi connectivity index (χ0n) is 15.4. The van der Waals surface area contributed by atoms with Gasteiger partial charge in [-0.25, -0.2) is 0 Å². The summed E-state index contributed by atoms with van der Waals surface area (Å²) in [5.41, 5.74) is 3.09. The highest BCUT2D eigenvalue weighted by molar-refractivity contribution is 5.92. The monoisotopic (exact) mass is 351 g/mol. The smallest absolute Gasteiger partial charge is 0.231 e. The average molecular weight is 351 g/mol. The van der Waals surface area contributed by atoms with Crippen molar-refractivity contribution >= 4 is 5.91 Å². The van der Waals surface area contributed by atoms with Crippen LogP contribution in [0, 0.1) is 0 Å². The van der Waals surface area contributed by atoms with Gasteiger partial charge in [0.25, 0.3) is 0 Å². The number of rotatable bonds is 6. The Morgan fingerprint density at radius 1 is 1.27 bits per heavy atom. The van der Waals surface area contributed by atoms with Crippen LogP contribution < -0.4 is 14.8 Å². The van der Waals surface area contributed by atoms with Crippen molar-refractivity contribution in [3.05, 3.63) is 59.2 Å². The maximum Gasteiger partial charge on any atom is 0.231 e. The van der Waals surface area contributed by atoms with Crippen molar-refractivity contribution in [2.24, 2.45) is 0 Å². The summed E-state index contributed by atoms with van der Waals surface area (Å²) in [6.45, 7) is 2.84. The van der Waals surface area contributed by atoms with Gasteiger partial charge in [-0.3, -0.25) is 4.79 Å². The van der Waals surface area contributed by atoms with Gasteiger partial charge < -0.3 is 14.8 Å². The lowest BCUT2D eigenvalue weighted by atomic mass is 9.93. The van der Waals surface area contributed by atoms with E-state index >= 15 is 0 Å². The van der Waals surface area contributed by atoms with Gasteiger partial charge in [0.1, 0.15) is 11.5 Å². The summed E-state index contributed by atoms with van der Waals surface area (Å²) >= 11 is 0. The lowest BCUT2D eigenvalue weighted by Gasteiger charge is -2.22. The summed E-state index contributed by atoms with van der Waals surface area (Å²) in [5, 5.41) is 3.22. The van der Waals surface area contributed by atoms with Crippen LogP contribution >= 0.6 is 0 Å². The van der Waals surface area contributed by atoms with Gasteiger partial charge in [0.2, 0.25) is 5.91 Å². The molecule has 4 heteroatoms. The van der Waals surface area contributed by atoms with Crippen molar-refractivity contribution in [2.45, 2.75) is 44.1 Å². The molecule has 2 aliphatic rings. The Morgan fingerprint density at radius 2 is 2.08 bits per heavy atom. The van der Waals surface area contributed by atoms with Gasteiger partial charge in [-0.15, -0.1) is 0 Å². The fraction of sp³-hybridized carbons (Fsp3) is 0.409. The molecule has 1 atom stereocenters. The number of hydrogen-bond acceptors (Lipinski definition) is 3. The van der Waals surface area contributed by atoms with E-state index in [-0.39, 0.29) is 11.9 Å². The van der Waals surface area contributed by atoms with Crippen molar-refractivity contribution in [3.63, 3.8) is 0 Å². The van der Waals surface area contributed by atoms with E-state index in [1.54, 1.807) is 7.11 Å². The van der Waals surface area contributed by atoms with Crippen LogP contribution in [0.3, 0.4) is 0 Å². The standard InChI is InChI=1S/C22H25NO3/c1-15(13-16-7-8-19-17(14-16)9-12-26-19)23-21(24)22(10-11-22)18-5-3-4-6-20(18)25-2/h3-8,14-15H,9-13H2,1-2H3,(H,23,24). The van der Waals surface area contributed by atoms with Crippen molar-refractivity contribution in [1.82, 2.24) is 5.32 Å². The predicted molar refractivity (Wildman–Crippen MR) is 101 cm³/mol. The third-order valence-corrected chi connectivity index (χ3v) is 5.48. The van der Waals surface area contributed by atoms with Crippen LogP contribution in [0.15, 0.2) is 42.5 Å². The second-order valence-corrected chi connectivity index (χ2v) is 7.40. The minimum absolute atomic E-state index is 0.0788. The van der Waals surface area contributed by atoms with Crippen molar-refractivity contribution in [2.75, 3.05) is 13.7 Å². The van der Waals surface area contributed by atoms with E-state index < -0.39 is 5.41 Å². The molecule has 2 aromatic rings. The molecule has 1 aliphatic carbocycles. The van der Waals surface area contributed by atoms with E-state index in [1.165, 1.54) is 11.1 Å². The Labute approximate surface area is 154 Å². The minimum atomic E-state index is -0.424. The van der Waals surface area contributed by atoms with Gasteiger partial charge in [-0.1, -0.05) is 30.3 Å². The molecule has 26 heavy (non-hydrogen) atoms. The first-order valence-electron chi connectivity index (χ1n) is 9.31. The second kappa shape index (κ2) is 6.67. The van der Waals surface area contributed by atoms with E-state index in [2.05, 4.69) is 24.4 Å². The molecule has 4 nitrogen and oxygen atoms in total. The number of benzene rings is 2. The number of nitrogens with one attached hydrogen (secondary N) is 1. The van der Waals surface area contributed by atoms with Crippen LogP contribution in [0.2, 0.25) is 0 Å². The van der Waals surface area contributed by atoms with Gasteiger partial charge in [0, 0.05) is 18.0 Å². The molecule has 1 N–H and O–H groups in total. The number of carbonyl (C=O) groups is 1. The maximum atomic E-state index is 13.0. The molecule has 1 aliphatic heterocycles. The van der Waals surface area contributed by atoms with Crippen molar-refractivity contribution < 1.29 is 14.3 Å². The van der Waals surface area contributed by atoms with Crippen LogP contribution in [0.5, 0.6) is 11.5 Å². The van der Waals surface area contributed by atoms with Crippen LogP contribution in [0.1, 0.15) is 36.5 Å². The van der Waals surface area contributed by atoms with E-state index in [4.69, 9.17) is 9.47 Å². The van der Waals surface area contributed by atoms with E-state index in [1.807, 2.05) is 30.3 Å². The number of para-hydroxylation sites is 1. The Kier molecular flexibility index (Phi) is 4.35. The Morgan fingerprint density at radius 3 is 2.85 bits per heavy atom. The largest absolute Gasteiger partial charge is 0.496 e. The van der Waals surface area contributed by atoms with Gasteiger partial charge in [0.05, 0.1) is 19.1 Å². The number of hydrogen-bond donors (Lipinski definition) is 1. The quantitative estimate of drug-likeness (QED) is 0.868. The molecule has 1 fully saturated rings. The lowest BCUT2D eigenvalue weighted by Crippen LogP contribution is -2.41. The maximum absolute atomic E-state index is 13.0. The highest BCUT2D eigenvalue weighted by Gasteiger charge is 2.52. The number of carbonyl (C=O) groups excluding carboxylic acids is 1. The zero-order chi connectivity index (χ0) is 18.1. The summed E-state index contributed by atoms with van der Waals surface area (Å²) in [7, 11) is 1.66. The van der Waals surface area contributed by atoms with E-state index in [9.17, 15) is 4.79 Å². The Bertz CT molecular complexity index is 826. The van der Waals surface area contributed by atoms with E-state index in [0.29, 0.717) is 0 Å². The van der Waals surface area contributed by atoms with E-state index in [0.717, 1.165) is 49.4 Å². The third kappa shape index (κ3) is 3.05. The second-order valence-electron chi connectivity index (χ2n) is 7.40. The molecule has 2 aromatic carbocycles. The summed E-state index contributed by atoms with van der Waals surface area (Å²) < 4.78 is 11.0. The number of methoxy groups -OCH3 is 1. The number of fused-ring (bicyclic) bond motifs is 1. The first-order valence-corrected chi connectivity index (χ1v) is 9.31. The van der Waals surface area contributed by atoms with Gasteiger partial charge >= 0.3 is 0 Å². The predicted octanol–water partition coefficient (Wildman–Crippen LogP) is 3.41.